The summed E-state index contributed by atoms with van der Waals surface area (Å²) in [6, 6.07) is 1.72. The van der Waals surface area contributed by atoms with E-state index in [1.807, 2.05) is 0 Å². The molecule has 1 saturated heterocycles. The monoisotopic (exact) mass is 475 g/mol. The van der Waals surface area contributed by atoms with Crippen LogP contribution in [-0.2, 0) is 14.8 Å². The third kappa shape index (κ3) is 7.05. The molecule has 0 bridgehead atoms. The fourth-order valence-electron chi connectivity index (χ4n) is 3.26. The van der Waals surface area contributed by atoms with Crippen LogP contribution in [0.25, 0.3) is 0 Å². The Balaban J connectivity index is 1.46. The molecule has 1 aliphatic carbocycles. The highest BCUT2D eigenvalue weighted by Crippen LogP contribution is 2.34. The van der Waals surface area contributed by atoms with Crippen molar-refractivity contribution in [3.05, 3.63) is 28.5 Å². The number of unbranched alkanes of at least 4 members (excludes halogenated alkanes) is 2. The van der Waals surface area contributed by atoms with Gasteiger partial charge in [0.25, 0.3) is 0 Å². The van der Waals surface area contributed by atoms with Crippen molar-refractivity contribution in [1.82, 2.24) is 14.9 Å². The summed E-state index contributed by atoms with van der Waals surface area (Å²) >= 11 is 5.98. The van der Waals surface area contributed by atoms with Crippen LogP contribution in [0.4, 0.5) is 9.18 Å². The van der Waals surface area contributed by atoms with Gasteiger partial charge in [0.05, 0.1) is 12.4 Å². The van der Waals surface area contributed by atoms with Gasteiger partial charge < -0.3 is 9.64 Å². The molecule has 1 heterocycles. The maximum atomic E-state index is 14.2. The van der Waals surface area contributed by atoms with E-state index in [-0.39, 0.29) is 29.0 Å². The van der Waals surface area contributed by atoms with Crippen LogP contribution in [0, 0.1) is 11.7 Å². The van der Waals surface area contributed by atoms with E-state index in [4.69, 9.17) is 16.3 Å². The number of ether oxygens (including phenoxy) is 1. The Morgan fingerprint density at radius 1 is 1.29 bits per heavy atom. The summed E-state index contributed by atoms with van der Waals surface area (Å²) in [5, 5.41) is 2.09. The SMILES string of the molecule is C[C@@H](NS(=O)(=O)CCCCCN1CC(=O)NC1=O)c1cc(F)c(Cl)c(OCC2CC2)c1. The van der Waals surface area contributed by atoms with E-state index in [0.29, 0.717) is 43.9 Å². The van der Waals surface area contributed by atoms with Gasteiger partial charge in [-0.2, -0.15) is 0 Å². The number of amides is 3. The largest absolute Gasteiger partial charge is 0.492 e. The van der Waals surface area contributed by atoms with E-state index < -0.39 is 27.9 Å². The zero-order valence-electron chi connectivity index (χ0n) is 17.3. The van der Waals surface area contributed by atoms with Crippen LogP contribution in [0.5, 0.6) is 5.75 Å². The number of carbonyl (C=O) groups excluding carboxylic acids is 2. The second-order valence-corrected chi connectivity index (χ2v) is 10.3. The Morgan fingerprint density at radius 2 is 2.03 bits per heavy atom. The van der Waals surface area contributed by atoms with Crippen molar-refractivity contribution in [2.45, 2.75) is 45.1 Å². The minimum Gasteiger partial charge on any atom is -0.492 e. The molecule has 0 spiro atoms. The molecule has 172 valence electrons. The fraction of sp³-hybridized carbons (Fsp3) is 0.600. The lowest BCUT2D eigenvalue weighted by Crippen LogP contribution is -2.30. The van der Waals surface area contributed by atoms with E-state index in [1.54, 1.807) is 13.0 Å². The van der Waals surface area contributed by atoms with Crippen molar-refractivity contribution in [2.75, 3.05) is 25.4 Å². The van der Waals surface area contributed by atoms with Crippen LogP contribution in [0.1, 0.15) is 50.6 Å². The van der Waals surface area contributed by atoms with Gasteiger partial charge in [0, 0.05) is 12.6 Å². The van der Waals surface area contributed by atoms with Crippen molar-refractivity contribution in [3.8, 4) is 5.75 Å². The number of sulfonamides is 1. The number of benzene rings is 1. The van der Waals surface area contributed by atoms with Gasteiger partial charge in [0.15, 0.2) is 0 Å². The van der Waals surface area contributed by atoms with Crippen molar-refractivity contribution in [2.24, 2.45) is 5.92 Å². The number of halogens is 2. The molecular formula is C20H27ClFN3O5S. The predicted octanol–water partition coefficient (Wildman–Crippen LogP) is 2.97. The van der Waals surface area contributed by atoms with E-state index in [0.717, 1.165) is 12.8 Å². The van der Waals surface area contributed by atoms with Gasteiger partial charge in [0.1, 0.15) is 23.1 Å². The van der Waals surface area contributed by atoms with Crippen LogP contribution in [0.3, 0.4) is 0 Å². The molecule has 1 saturated carbocycles. The lowest BCUT2D eigenvalue weighted by atomic mass is 10.1. The molecule has 2 fully saturated rings. The molecule has 31 heavy (non-hydrogen) atoms. The molecule has 1 atom stereocenters. The van der Waals surface area contributed by atoms with Crippen molar-refractivity contribution in [3.63, 3.8) is 0 Å². The zero-order chi connectivity index (χ0) is 22.6. The van der Waals surface area contributed by atoms with E-state index in [2.05, 4.69) is 10.0 Å². The average Bonchev–Trinajstić information content (AvgIpc) is 3.46. The third-order valence-corrected chi connectivity index (χ3v) is 7.16. The molecule has 1 aliphatic heterocycles. The Kier molecular flexibility index (Phi) is 7.77. The van der Waals surface area contributed by atoms with Gasteiger partial charge in [-0.15, -0.1) is 0 Å². The van der Waals surface area contributed by atoms with E-state index in [9.17, 15) is 22.4 Å². The number of hydrogen-bond acceptors (Lipinski definition) is 5. The van der Waals surface area contributed by atoms with Gasteiger partial charge in [-0.25, -0.2) is 22.3 Å². The molecule has 2 aliphatic rings. The summed E-state index contributed by atoms with van der Waals surface area (Å²) in [5.74, 6) is -0.382. The van der Waals surface area contributed by atoms with Crippen molar-refractivity contribution >= 4 is 33.6 Å². The highest BCUT2D eigenvalue weighted by molar-refractivity contribution is 7.89. The van der Waals surface area contributed by atoms with Gasteiger partial charge in [0.2, 0.25) is 15.9 Å². The maximum Gasteiger partial charge on any atom is 0.324 e. The molecule has 3 amide bonds. The highest BCUT2D eigenvalue weighted by atomic mass is 35.5. The highest BCUT2D eigenvalue weighted by Gasteiger charge is 2.26. The topological polar surface area (TPSA) is 105 Å². The quantitative estimate of drug-likeness (QED) is 0.357. The number of nitrogens with one attached hydrogen (secondary N) is 2. The first kappa shape index (κ1) is 23.7. The number of imide groups is 1. The van der Waals surface area contributed by atoms with Crippen LogP contribution >= 0.6 is 11.6 Å². The summed E-state index contributed by atoms with van der Waals surface area (Å²) in [4.78, 5) is 24.0. The van der Waals surface area contributed by atoms with E-state index >= 15 is 0 Å². The smallest absolute Gasteiger partial charge is 0.324 e. The van der Waals surface area contributed by atoms with Crippen LogP contribution in [0.2, 0.25) is 5.02 Å². The average molecular weight is 476 g/mol. The number of nitrogens with zero attached hydrogens (tertiary/aromatic N) is 1. The van der Waals surface area contributed by atoms with Crippen molar-refractivity contribution < 1.29 is 27.1 Å². The summed E-state index contributed by atoms with van der Waals surface area (Å²) in [5.41, 5.74) is 0.431. The van der Waals surface area contributed by atoms with Crippen LogP contribution in [-0.4, -0.2) is 50.7 Å². The number of carbonyl (C=O) groups is 2. The second-order valence-electron chi connectivity index (χ2n) is 8.06. The number of hydrogen-bond donors (Lipinski definition) is 2. The van der Waals surface area contributed by atoms with E-state index in [1.165, 1.54) is 11.0 Å². The molecule has 2 N–H and O–H groups in total. The molecule has 11 heteroatoms. The van der Waals surface area contributed by atoms with Gasteiger partial charge >= 0.3 is 6.03 Å². The Hall–Kier alpha value is -1.91. The minimum absolute atomic E-state index is 0.0419. The first-order chi connectivity index (χ1) is 14.6. The minimum atomic E-state index is -3.59. The summed E-state index contributed by atoms with van der Waals surface area (Å²) in [6.07, 6.45) is 3.74. The first-order valence-corrected chi connectivity index (χ1v) is 12.4. The summed E-state index contributed by atoms with van der Waals surface area (Å²) < 4.78 is 47.2. The number of urea groups is 1. The fourth-order valence-corrected chi connectivity index (χ4v) is 4.80. The molecule has 3 rings (SSSR count). The molecule has 1 aromatic carbocycles. The van der Waals surface area contributed by atoms with Gasteiger partial charge in [-0.05, 0) is 56.2 Å². The molecule has 8 nitrogen and oxygen atoms in total. The second kappa shape index (κ2) is 10.1. The first-order valence-electron chi connectivity index (χ1n) is 10.3. The maximum absolute atomic E-state index is 14.2. The number of rotatable bonds is 12. The molecular weight excluding hydrogens is 449 g/mol. The van der Waals surface area contributed by atoms with Gasteiger partial charge in [-0.3, -0.25) is 10.1 Å². The molecule has 0 radical (unpaired) electrons. The van der Waals surface area contributed by atoms with Crippen LogP contribution in [0.15, 0.2) is 12.1 Å². The Labute approximate surface area is 186 Å². The normalized spacial score (nSPS) is 17.7. The Morgan fingerprint density at radius 3 is 2.68 bits per heavy atom. The predicted molar refractivity (Wildman–Crippen MR) is 114 cm³/mol. The van der Waals surface area contributed by atoms with Crippen LogP contribution < -0.4 is 14.8 Å². The Bertz CT molecular complexity index is 939. The van der Waals surface area contributed by atoms with Crippen molar-refractivity contribution in [1.29, 1.82) is 0 Å². The lowest BCUT2D eigenvalue weighted by molar-refractivity contribution is -0.118. The molecule has 0 unspecified atom stereocenters. The molecule has 0 aromatic heterocycles. The third-order valence-electron chi connectivity index (χ3n) is 5.25. The summed E-state index contributed by atoms with van der Waals surface area (Å²) in [6.45, 7) is 2.54. The molecule has 1 aromatic rings. The zero-order valence-corrected chi connectivity index (χ0v) is 18.9. The lowest BCUT2D eigenvalue weighted by Gasteiger charge is -2.17. The van der Waals surface area contributed by atoms with Gasteiger partial charge in [-0.1, -0.05) is 18.0 Å². The standard InChI is InChI=1S/C20H27ClFN3O5S/c1-13(15-9-16(22)19(21)17(10-15)30-12-14-5-6-14)24-31(28,29)8-4-2-3-7-25-11-18(26)23-20(25)27/h9-10,13-14,24H,2-8,11-12H2,1H3,(H,23,26,27)/t13-/m1/s1. The summed E-state index contributed by atoms with van der Waals surface area (Å²) in [7, 11) is -3.59.